The molecule has 1 unspecified atom stereocenters. The Hall–Kier alpha value is -2.70. The van der Waals surface area contributed by atoms with Crippen LogP contribution in [0.4, 0.5) is 0 Å². The predicted molar refractivity (Wildman–Crippen MR) is 118 cm³/mol. The third-order valence-corrected chi connectivity index (χ3v) is 5.21. The van der Waals surface area contributed by atoms with E-state index in [1.165, 1.54) is 0 Å². The number of nitrogens with one attached hydrogen (secondary N) is 2. The number of benzene rings is 2. The van der Waals surface area contributed by atoms with Crippen molar-refractivity contribution in [2.24, 2.45) is 0 Å². The zero-order valence-electron chi connectivity index (χ0n) is 17.6. The van der Waals surface area contributed by atoms with Gasteiger partial charge in [0.2, 0.25) is 0 Å². The lowest BCUT2D eigenvalue weighted by Gasteiger charge is -2.23. The molecule has 0 amide bonds. The van der Waals surface area contributed by atoms with Gasteiger partial charge >= 0.3 is 0 Å². The van der Waals surface area contributed by atoms with Gasteiger partial charge in [0, 0.05) is 29.7 Å². The molecule has 2 aromatic carbocycles. The Bertz CT molecular complexity index is 800. The highest BCUT2D eigenvalue weighted by molar-refractivity contribution is 6.06. The average Bonchev–Trinajstić information content (AvgIpc) is 2.79. The Morgan fingerprint density at radius 3 is 1.87 bits per heavy atom. The first kappa shape index (κ1) is 22.0. The molecule has 0 saturated carbocycles. The maximum absolute atomic E-state index is 8.51. The quantitative estimate of drug-likeness (QED) is 0.761. The summed E-state index contributed by atoms with van der Waals surface area (Å²) in [5.41, 5.74) is 2.41. The van der Waals surface area contributed by atoms with Gasteiger partial charge in [0.15, 0.2) is 0 Å². The molecule has 6 heteroatoms. The summed E-state index contributed by atoms with van der Waals surface area (Å²) in [6.07, 6.45) is 1.46. The van der Waals surface area contributed by atoms with Gasteiger partial charge in [-0.2, -0.15) is 0 Å². The van der Waals surface area contributed by atoms with Crippen molar-refractivity contribution in [2.45, 2.75) is 38.4 Å². The molecule has 6 nitrogen and oxygen atoms in total. The van der Waals surface area contributed by atoms with Crippen molar-refractivity contribution in [1.82, 2.24) is 0 Å². The second-order valence-corrected chi connectivity index (χ2v) is 7.29. The van der Waals surface area contributed by atoms with Gasteiger partial charge < -0.3 is 29.8 Å². The zero-order valence-corrected chi connectivity index (χ0v) is 17.6. The van der Waals surface area contributed by atoms with Crippen LogP contribution in [0, 0.1) is 10.8 Å². The van der Waals surface area contributed by atoms with Crippen molar-refractivity contribution in [3.05, 3.63) is 59.7 Å². The number of para-hydroxylation sites is 2. The Labute approximate surface area is 178 Å². The summed E-state index contributed by atoms with van der Waals surface area (Å²) < 4.78 is 23.6. The fraction of sp³-hybridized carbons (Fsp3) is 0.417. The molecule has 0 aromatic heterocycles. The maximum Gasteiger partial charge on any atom is 0.128 e. The van der Waals surface area contributed by atoms with Gasteiger partial charge in [-0.3, -0.25) is 0 Å². The molecule has 3 rings (SSSR count). The van der Waals surface area contributed by atoms with E-state index in [9.17, 15) is 0 Å². The number of ether oxygens (including phenoxy) is 4. The molecule has 0 spiro atoms. The Morgan fingerprint density at radius 1 is 0.900 bits per heavy atom. The van der Waals surface area contributed by atoms with Crippen molar-refractivity contribution >= 4 is 11.4 Å². The SMILES string of the molecule is CCC(COC1COc2ccccc2C(=N)CCC(=N)c2ccccc2OC1)OC. The first-order chi connectivity index (χ1) is 14.6. The van der Waals surface area contributed by atoms with E-state index < -0.39 is 0 Å². The molecule has 1 heterocycles. The van der Waals surface area contributed by atoms with Crippen LogP contribution in [0.1, 0.15) is 37.3 Å². The van der Waals surface area contributed by atoms with Crippen molar-refractivity contribution < 1.29 is 18.9 Å². The van der Waals surface area contributed by atoms with E-state index in [1.807, 2.05) is 48.5 Å². The largest absolute Gasteiger partial charge is 0.490 e. The van der Waals surface area contributed by atoms with Crippen molar-refractivity contribution in [2.75, 3.05) is 26.9 Å². The Kier molecular flexibility index (Phi) is 7.99. The van der Waals surface area contributed by atoms with E-state index in [4.69, 9.17) is 29.8 Å². The van der Waals surface area contributed by atoms with Crippen LogP contribution in [0.25, 0.3) is 0 Å². The van der Waals surface area contributed by atoms with Crippen LogP contribution >= 0.6 is 0 Å². The van der Waals surface area contributed by atoms with Crippen LogP contribution in [0.3, 0.4) is 0 Å². The summed E-state index contributed by atoms with van der Waals surface area (Å²) in [5.74, 6) is 1.30. The second kappa shape index (κ2) is 10.9. The minimum absolute atomic E-state index is 0.00973. The number of hydrogen-bond donors (Lipinski definition) is 2. The van der Waals surface area contributed by atoms with Crippen LogP contribution in [0.2, 0.25) is 0 Å². The van der Waals surface area contributed by atoms with E-state index in [1.54, 1.807) is 7.11 Å². The molecule has 1 atom stereocenters. The molecule has 0 saturated heterocycles. The van der Waals surface area contributed by atoms with Gasteiger partial charge in [-0.1, -0.05) is 31.2 Å². The molecule has 1 aliphatic heterocycles. The third-order valence-electron chi connectivity index (χ3n) is 5.21. The summed E-state index contributed by atoms with van der Waals surface area (Å²) in [6.45, 7) is 3.09. The summed E-state index contributed by atoms with van der Waals surface area (Å²) in [6, 6.07) is 15.1. The maximum atomic E-state index is 8.51. The molecule has 1 aliphatic rings. The molecule has 2 aromatic rings. The molecule has 0 radical (unpaired) electrons. The topological polar surface area (TPSA) is 84.6 Å². The van der Waals surface area contributed by atoms with Crippen LogP contribution in [-0.4, -0.2) is 50.6 Å². The Balaban J connectivity index is 1.86. The normalized spacial score (nSPS) is 18.5. The summed E-state index contributed by atoms with van der Waals surface area (Å²) in [7, 11) is 1.68. The van der Waals surface area contributed by atoms with Crippen molar-refractivity contribution in [1.29, 1.82) is 10.8 Å². The van der Waals surface area contributed by atoms with E-state index >= 15 is 0 Å². The van der Waals surface area contributed by atoms with Crippen LogP contribution < -0.4 is 9.47 Å². The molecule has 160 valence electrons. The molecule has 0 bridgehead atoms. The van der Waals surface area contributed by atoms with Gasteiger partial charge in [-0.05, 0) is 43.5 Å². The molecular formula is C24H30N2O4. The monoisotopic (exact) mass is 410 g/mol. The fourth-order valence-electron chi connectivity index (χ4n) is 3.31. The lowest BCUT2D eigenvalue weighted by atomic mass is 9.99. The number of hydrogen-bond acceptors (Lipinski definition) is 6. The minimum atomic E-state index is -0.320. The fourth-order valence-corrected chi connectivity index (χ4v) is 3.31. The number of rotatable bonds is 5. The van der Waals surface area contributed by atoms with Gasteiger partial charge in [-0.15, -0.1) is 0 Å². The van der Waals surface area contributed by atoms with Crippen molar-refractivity contribution in [3.63, 3.8) is 0 Å². The molecule has 2 N–H and O–H groups in total. The number of fused-ring (bicyclic) bond motifs is 2. The third kappa shape index (κ3) is 5.68. The Morgan fingerprint density at radius 2 is 1.40 bits per heavy atom. The van der Waals surface area contributed by atoms with E-state index in [0.717, 1.165) is 17.5 Å². The van der Waals surface area contributed by atoms with Gasteiger partial charge in [0.05, 0.1) is 12.7 Å². The molecule has 30 heavy (non-hydrogen) atoms. The average molecular weight is 411 g/mol. The lowest BCUT2D eigenvalue weighted by molar-refractivity contribution is -0.0563. The standard InChI is InChI=1S/C24H30N2O4/c1-3-17(27-2)14-28-18-15-29-23-10-6-4-8-19(23)21(25)12-13-22(26)20-9-5-7-11-24(20)30-16-18/h4-11,17-18,25-26H,3,12-16H2,1-2H3. The molecule has 0 aliphatic carbocycles. The van der Waals surface area contributed by atoms with Crippen molar-refractivity contribution in [3.8, 4) is 11.5 Å². The summed E-state index contributed by atoms with van der Waals surface area (Å²) in [4.78, 5) is 0. The first-order valence-electron chi connectivity index (χ1n) is 10.4. The van der Waals surface area contributed by atoms with Gasteiger partial charge in [0.25, 0.3) is 0 Å². The smallest absolute Gasteiger partial charge is 0.128 e. The summed E-state index contributed by atoms with van der Waals surface area (Å²) in [5, 5.41) is 17.0. The molecular weight excluding hydrogens is 380 g/mol. The first-order valence-corrected chi connectivity index (χ1v) is 10.4. The van der Waals surface area contributed by atoms with Crippen LogP contribution in [-0.2, 0) is 9.47 Å². The highest BCUT2D eigenvalue weighted by Gasteiger charge is 2.19. The van der Waals surface area contributed by atoms with Crippen LogP contribution in [0.15, 0.2) is 48.5 Å². The zero-order chi connectivity index (χ0) is 21.3. The predicted octanol–water partition coefficient (Wildman–Crippen LogP) is 4.48. The van der Waals surface area contributed by atoms with Gasteiger partial charge in [-0.25, -0.2) is 0 Å². The highest BCUT2D eigenvalue weighted by Crippen LogP contribution is 2.25. The second-order valence-electron chi connectivity index (χ2n) is 7.29. The van der Waals surface area contributed by atoms with E-state index in [-0.39, 0.29) is 12.2 Å². The van der Waals surface area contributed by atoms with Gasteiger partial charge in [0.1, 0.15) is 30.8 Å². The van der Waals surface area contributed by atoms with Crippen LogP contribution in [0.5, 0.6) is 11.5 Å². The van der Waals surface area contributed by atoms with E-state index in [0.29, 0.717) is 55.6 Å². The summed E-state index contributed by atoms with van der Waals surface area (Å²) >= 11 is 0. The molecule has 0 fully saturated rings. The minimum Gasteiger partial charge on any atom is -0.490 e. The van der Waals surface area contributed by atoms with E-state index in [2.05, 4.69) is 6.92 Å². The number of methoxy groups -OCH3 is 1. The lowest BCUT2D eigenvalue weighted by Crippen LogP contribution is -2.32. The highest BCUT2D eigenvalue weighted by atomic mass is 16.6.